The van der Waals surface area contributed by atoms with Gasteiger partial charge in [0, 0.05) is 19.9 Å². The average molecular weight is 523 g/mol. The Morgan fingerprint density at radius 2 is 1.81 bits per heavy atom. The van der Waals surface area contributed by atoms with E-state index in [-0.39, 0.29) is 11.7 Å². The van der Waals surface area contributed by atoms with E-state index in [4.69, 9.17) is 15.2 Å². The van der Waals surface area contributed by atoms with Gasteiger partial charge >= 0.3 is 0 Å². The molecule has 2 heterocycles. The fourth-order valence-corrected chi connectivity index (χ4v) is 2.64. The van der Waals surface area contributed by atoms with E-state index in [0.717, 1.165) is 12.8 Å². The monoisotopic (exact) mass is 522 g/mol. The van der Waals surface area contributed by atoms with Crippen LogP contribution in [0.4, 0.5) is 14.5 Å². The Hall–Kier alpha value is -3.23. The Balaban J connectivity index is 0.00000110. The molecule has 1 amide bonds. The van der Waals surface area contributed by atoms with Crippen LogP contribution in [-0.2, 0) is 14.3 Å². The molecule has 1 aromatic heterocycles. The van der Waals surface area contributed by atoms with Crippen LogP contribution in [0.25, 0.3) is 0 Å². The molecule has 1 saturated heterocycles. The number of ether oxygens (including phenoxy) is 2. The predicted molar refractivity (Wildman–Crippen MR) is 146 cm³/mol. The summed E-state index contributed by atoms with van der Waals surface area (Å²) in [4.78, 5) is 22.3. The lowest BCUT2D eigenvalue weighted by Crippen LogP contribution is -2.30. The van der Waals surface area contributed by atoms with Crippen molar-refractivity contribution < 1.29 is 23.0 Å². The van der Waals surface area contributed by atoms with Gasteiger partial charge in [-0.2, -0.15) is 0 Å². The molecule has 0 unspecified atom stereocenters. The number of rotatable bonds is 10. The van der Waals surface area contributed by atoms with Crippen molar-refractivity contribution in [2.24, 2.45) is 11.7 Å². The molecule has 1 aliphatic heterocycles. The first-order valence-electron chi connectivity index (χ1n) is 12.5. The molecule has 2 N–H and O–H groups in total. The first kappa shape index (κ1) is 33.8. The van der Waals surface area contributed by atoms with E-state index in [9.17, 15) is 13.6 Å². The second-order valence-corrected chi connectivity index (χ2v) is 8.99. The quantitative estimate of drug-likeness (QED) is 0.280. The van der Waals surface area contributed by atoms with Gasteiger partial charge in [-0.25, -0.2) is 18.7 Å². The number of anilines is 1. The highest BCUT2D eigenvalue weighted by molar-refractivity contribution is 5.98. The van der Waals surface area contributed by atoms with Crippen molar-refractivity contribution in [3.05, 3.63) is 66.8 Å². The number of nitrogens with two attached hydrogens (primary N) is 1. The number of halogens is 2. The topological polar surface area (TPSA) is 90.6 Å². The molecule has 1 fully saturated rings. The normalized spacial score (nSPS) is 15.6. The van der Waals surface area contributed by atoms with Crippen LogP contribution >= 0.6 is 0 Å². The summed E-state index contributed by atoms with van der Waals surface area (Å²) in [5, 5.41) is 0. The van der Waals surface area contributed by atoms with E-state index in [1.165, 1.54) is 25.0 Å². The zero-order valence-electron chi connectivity index (χ0n) is 23.4. The fraction of sp³-hybridized carbons (Fsp3) is 0.536. The largest absolute Gasteiger partial charge is 0.488 e. The van der Waals surface area contributed by atoms with Crippen molar-refractivity contribution in [1.82, 2.24) is 9.97 Å². The summed E-state index contributed by atoms with van der Waals surface area (Å²) in [6.07, 6.45) is 10.4. The van der Waals surface area contributed by atoms with Crippen molar-refractivity contribution in [2.45, 2.75) is 79.8 Å². The Kier molecular flexibility index (Phi) is 15.8. The van der Waals surface area contributed by atoms with E-state index < -0.39 is 18.6 Å². The van der Waals surface area contributed by atoms with E-state index >= 15 is 0 Å². The van der Waals surface area contributed by atoms with Crippen LogP contribution in [0.1, 0.15) is 66.6 Å². The maximum absolute atomic E-state index is 12.8. The van der Waals surface area contributed by atoms with Gasteiger partial charge in [0.15, 0.2) is 12.7 Å². The lowest BCUT2D eigenvalue weighted by molar-refractivity contribution is -0.124. The van der Waals surface area contributed by atoms with Crippen LogP contribution in [0.2, 0.25) is 0 Å². The summed E-state index contributed by atoms with van der Waals surface area (Å²) in [5.41, 5.74) is 6.21. The van der Waals surface area contributed by atoms with E-state index in [0.29, 0.717) is 35.9 Å². The van der Waals surface area contributed by atoms with Crippen LogP contribution in [0.5, 0.6) is 0 Å². The van der Waals surface area contributed by atoms with Gasteiger partial charge in [-0.05, 0) is 50.6 Å². The van der Waals surface area contributed by atoms with Gasteiger partial charge in [0.05, 0.1) is 18.1 Å². The lowest BCUT2D eigenvalue weighted by atomic mass is 10.1. The maximum Gasteiger partial charge on any atom is 0.278 e. The van der Waals surface area contributed by atoms with Gasteiger partial charge in [0.2, 0.25) is 0 Å². The summed E-state index contributed by atoms with van der Waals surface area (Å²) < 4.78 is 36.2. The van der Waals surface area contributed by atoms with E-state index in [2.05, 4.69) is 43.9 Å². The fourth-order valence-electron chi connectivity index (χ4n) is 2.64. The Labute approximate surface area is 221 Å². The lowest BCUT2D eigenvalue weighted by Gasteiger charge is -2.17. The van der Waals surface area contributed by atoms with Crippen molar-refractivity contribution in [1.29, 1.82) is 0 Å². The van der Waals surface area contributed by atoms with Crippen LogP contribution in [0.15, 0.2) is 61.0 Å². The van der Waals surface area contributed by atoms with E-state index in [1.807, 2.05) is 0 Å². The van der Waals surface area contributed by atoms with Crippen LogP contribution in [-0.4, -0.2) is 41.1 Å². The van der Waals surface area contributed by atoms with Gasteiger partial charge in [-0.3, -0.25) is 4.79 Å². The van der Waals surface area contributed by atoms with Crippen molar-refractivity contribution >= 4 is 11.6 Å². The van der Waals surface area contributed by atoms with E-state index in [1.54, 1.807) is 44.1 Å². The molecule has 0 bridgehead atoms. The highest BCUT2D eigenvalue weighted by Gasteiger charge is 2.34. The zero-order chi connectivity index (χ0) is 28.6. The summed E-state index contributed by atoms with van der Waals surface area (Å²) in [6.45, 7) is 19.4. The standard InChI is InChI=1S/C19H23F2N3O3.C6H14.C3H7N/c1-5-16(7-6-13(2)26-12-19(4,20)21)27-17-8-9-24(18(17)25)15-10-22-14(3)23-11-15;1-4-6(3)5-2;1-3(2)4/h5-7,10-11,17H,2,8-9,12H2,1,3-4H3;6H,4-5H2,1-3H3;1,4H2,2H3/b7-6-,16-5+;;/t17-;;/m1../s1. The van der Waals surface area contributed by atoms with Crippen LogP contribution in [0, 0.1) is 12.8 Å². The summed E-state index contributed by atoms with van der Waals surface area (Å²) in [5.74, 6) is -1.06. The van der Waals surface area contributed by atoms with Crippen molar-refractivity contribution in [3.8, 4) is 0 Å². The first-order valence-corrected chi connectivity index (χ1v) is 12.5. The third-order valence-electron chi connectivity index (χ3n) is 5.14. The SMILES string of the molecule is C=C(/C=C\C(=C/C)O[C@@H]1CCN(c2cnc(C)nc2)C1=O)OCC(C)(F)F.C=C(C)N.CCC(C)CC. The molecule has 0 spiro atoms. The second-order valence-electron chi connectivity index (χ2n) is 8.99. The van der Waals surface area contributed by atoms with Crippen LogP contribution < -0.4 is 10.6 Å². The predicted octanol–water partition coefficient (Wildman–Crippen LogP) is 6.47. The summed E-state index contributed by atoms with van der Waals surface area (Å²) in [7, 11) is 0. The third-order valence-corrected chi connectivity index (χ3v) is 5.14. The minimum absolute atomic E-state index is 0.0793. The van der Waals surface area contributed by atoms with Gasteiger partial charge in [-0.15, -0.1) is 0 Å². The molecule has 7 nitrogen and oxygen atoms in total. The molecular weight excluding hydrogens is 478 g/mol. The Bertz CT molecular complexity index is 901. The molecule has 0 aromatic carbocycles. The molecule has 1 atom stereocenters. The molecule has 1 aliphatic rings. The average Bonchev–Trinajstić information content (AvgIpc) is 3.19. The van der Waals surface area contributed by atoms with Gasteiger partial charge < -0.3 is 20.1 Å². The number of hydrogen-bond acceptors (Lipinski definition) is 6. The van der Waals surface area contributed by atoms with Crippen LogP contribution in [0.3, 0.4) is 0 Å². The molecule has 9 heteroatoms. The Morgan fingerprint density at radius 1 is 1.27 bits per heavy atom. The number of aromatic nitrogens is 2. The molecule has 2 rings (SSSR count). The summed E-state index contributed by atoms with van der Waals surface area (Å²) >= 11 is 0. The number of allylic oxidation sites excluding steroid dienone is 4. The number of aryl methyl sites for hydroxylation is 1. The highest BCUT2D eigenvalue weighted by Crippen LogP contribution is 2.24. The van der Waals surface area contributed by atoms with Gasteiger partial charge in [0.25, 0.3) is 11.8 Å². The minimum atomic E-state index is -2.93. The third kappa shape index (κ3) is 15.5. The number of amides is 1. The Morgan fingerprint density at radius 3 is 2.24 bits per heavy atom. The zero-order valence-corrected chi connectivity index (χ0v) is 23.4. The smallest absolute Gasteiger partial charge is 0.278 e. The molecule has 37 heavy (non-hydrogen) atoms. The summed E-state index contributed by atoms with van der Waals surface area (Å²) in [6, 6.07) is 0. The van der Waals surface area contributed by atoms with Gasteiger partial charge in [0.1, 0.15) is 17.3 Å². The number of nitrogens with zero attached hydrogens (tertiary/aromatic N) is 3. The number of hydrogen-bond donors (Lipinski definition) is 1. The molecule has 1 aromatic rings. The molecule has 0 radical (unpaired) electrons. The molecule has 208 valence electrons. The highest BCUT2D eigenvalue weighted by atomic mass is 19.3. The number of carbonyl (C=O) groups is 1. The molecule has 0 aliphatic carbocycles. The molecule has 0 saturated carbocycles. The first-order chi connectivity index (χ1) is 17.2. The minimum Gasteiger partial charge on any atom is -0.488 e. The maximum atomic E-state index is 12.8. The van der Waals surface area contributed by atoms with Crippen molar-refractivity contribution in [3.63, 3.8) is 0 Å². The number of alkyl halides is 2. The van der Waals surface area contributed by atoms with Gasteiger partial charge in [-0.1, -0.05) is 46.8 Å². The van der Waals surface area contributed by atoms with Crippen molar-refractivity contribution in [2.75, 3.05) is 18.1 Å². The number of carbonyl (C=O) groups excluding carboxylic acids is 1. The molecular formula is C28H44F2N4O3. The second kappa shape index (κ2) is 17.3.